The number of aromatic nitrogens is 1. The van der Waals surface area contributed by atoms with Crippen molar-refractivity contribution in [2.75, 3.05) is 33.8 Å². The highest BCUT2D eigenvalue weighted by Crippen LogP contribution is 2.56. The van der Waals surface area contributed by atoms with Gasteiger partial charge in [0.1, 0.15) is 24.0 Å². The number of hydrogen-bond donors (Lipinski definition) is 1. The van der Waals surface area contributed by atoms with Gasteiger partial charge in [0.25, 0.3) is 5.67 Å². The van der Waals surface area contributed by atoms with Crippen molar-refractivity contribution in [1.29, 1.82) is 0 Å². The Hall–Kier alpha value is -3.92. The molecule has 5 heterocycles. The Labute approximate surface area is 358 Å². The molecule has 4 saturated heterocycles. The van der Waals surface area contributed by atoms with Gasteiger partial charge < -0.3 is 33.7 Å². The number of hydrogen-bond acceptors (Lipinski definition) is 13. The Bertz CT molecular complexity index is 2030. The van der Waals surface area contributed by atoms with Gasteiger partial charge in [-0.15, -0.1) is 6.58 Å². The highest BCUT2D eigenvalue weighted by atomic mass is 19.1. The number of fused-ring (bicyclic) bond motifs is 1. The number of likely N-dealkylation sites (N-methyl/N-ethyl adjacent to an activating group) is 1. The fourth-order valence-electron chi connectivity index (χ4n) is 10.8. The predicted molar refractivity (Wildman–Crippen MR) is 227 cm³/mol. The maximum absolute atomic E-state index is 17.2. The largest absolute Gasteiger partial charge is 0.455 e. The molecule has 0 aliphatic carbocycles. The van der Waals surface area contributed by atoms with Gasteiger partial charge in [-0.05, 0) is 78.7 Å². The van der Waals surface area contributed by atoms with Crippen LogP contribution in [0.15, 0.2) is 55.3 Å². The molecule has 1 aromatic carbocycles. The van der Waals surface area contributed by atoms with Crippen molar-refractivity contribution in [3.05, 3.63) is 60.8 Å². The molecule has 3 unspecified atom stereocenters. The van der Waals surface area contributed by atoms with Gasteiger partial charge >= 0.3 is 11.9 Å². The SMILES string of the molecule is C=CCN1CC2(C)C(=O)[C@H](C)C[C@](C)(OC/C=C/c3cnc4ccccc4c3)[C@H](O[C@@H]3O[C@H](C)C[C@H](N(C)C)[C@H]3O)[C@@H](C)C(=O)[C@](C)(F)C(=O)O[C@H](CC)[C@@]3(C)OC(=O)C1C23. The summed E-state index contributed by atoms with van der Waals surface area (Å²) in [6, 6.07) is 8.44. The van der Waals surface area contributed by atoms with E-state index in [0.29, 0.717) is 6.42 Å². The molecule has 1 aromatic heterocycles. The van der Waals surface area contributed by atoms with E-state index in [2.05, 4.69) is 11.6 Å². The van der Waals surface area contributed by atoms with Crippen LogP contribution >= 0.6 is 0 Å². The van der Waals surface area contributed by atoms with Gasteiger partial charge in [0.15, 0.2) is 17.7 Å². The number of halogens is 1. The van der Waals surface area contributed by atoms with E-state index in [1.165, 1.54) is 6.92 Å². The van der Waals surface area contributed by atoms with Gasteiger partial charge in [-0.3, -0.25) is 24.3 Å². The Morgan fingerprint density at radius 3 is 2.46 bits per heavy atom. The number of nitrogens with zero attached hydrogens (tertiary/aromatic N) is 3. The molecular formula is C47H64FN3O10. The van der Waals surface area contributed by atoms with E-state index < -0.39 is 94.4 Å². The zero-order valence-corrected chi connectivity index (χ0v) is 37.3. The maximum Gasteiger partial charge on any atom is 0.351 e. The zero-order valence-electron chi connectivity index (χ0n) is 37.3. The average Bonchev–Trinajstić information content (AvgIpc) is 3.68. The van der Waals surface area contributed by atoms with Crippen LogP contribution in [0.2, 0.25) is 0 Å². The number of benzene rings is 1. The number of aliphatic hydroxyl groups excluding tert-OH is 1. The van der Waals surface area contributed by atoms with Gasteiger partial charge in [0, 0.05) is 53.9 Å². The van der Waals surface area contributed by atoms with Crippen LogP contribution in [0.25, 0.3) is 17.0 Å². The minimum Gasteiger partial charge on any atom is -0.455 e. The topological polar surface area (TPSA) is 154 Å². The van der Waals surface area contributed by atoms with Gasteiger partial charge in [-0.25, -0.2) is 9.18 Å². The van der Waals surface area contributed by atoms with Crippen LogP contribution in [0.3, 0.4) is 0 Å². The van der Waals surface area contributed by atoms with E-state index in [9.17, 15) is 19.5 Å². The Kier molecular flexibility index (Phi) is 13.5. The van der Waals surface area contributed by atoms with Gasteiger partial charge in [0.2, 0.25) is 0 Å². The third kappa shape index (κ3) is 8.60. The van der Waals surface area contributed by atoms with Crippen LogP contribution in [0.4, 0.5) is 4.39 Å². The van der Waals surface area contributed by atoms with Crippen molar-refractivity contribution in [1.82, 2.24) is 14.8 Å². The predicted octanol–water partition coefficient (Wildman–Crippen LogP) is 5.51. The quantitative estimate of drug-likeness (QED) is 0.182. The lowest BCUT2D eigenvalue weighted by Crippen LogP contribution is -2.61. The average molecular weight is 850 g/mol. The minimum absolute atomic E-state index is 0.0421. The van der Waals surface area contributed by atoms with Crippen LogP contribution < -0.4 is 0 Å². The highest BCUT2D eigenvalue weighted by Gasteiger charge is 2.71. The molecule has 61 heavy (non-hydrogen) atoms. The first-order chi connectivity index (χ1) is 28.6. The van der Waals surface area contributed by atoms with Crippen molar-refractivity contribution in [2.45, 2.75) is 134 Å². The van der Waals surface area contributed by atoms with E-state index in [4.69, 9.17) is 23.7 Å². The second-order valence-corrected chi connectivity index (χ2v) is 18.7. The monoisotopic (exact) mass is 849 g/mol. The number of likely N-dealkylation sites (tertiary alicyclic amines) is 1. The normalized spacial score (nSPS) is 40.3. The minimum atomic E-state index is -3.21. The summed E-state index contributed by atoms with van der Waals surface area (Å²) in [5, 5.41) is 12.6. The fourth-order valence-corrected chi connectivity index (χ4v) is 10.8. The summed E-state index contributed by atoms with van der Waals surface area (Å²) in [7, 11) is 3.66. The second kappa shape index (κ2) is 17.7. The first-order valence-corrected chi connectivity index (χ1v) is 21.5. The molecule has 4 aliphatic rings. The van der Waals surface area contributed by atoms with Crippen LogP contribution in [0, 0.1) is 23.2 Å². The summed E-state index contributed by atoms with van der Waals surface area (Å²) in [6.45, 7) is 17.1. The van der Waals surface area contributed by atoms with Crippen LogP contribution in [-0.2, 0) is 42.9 Å². The molecule has 4 fully saturated rings. The summed E-state index contributed by atoms with van der Waals surface area (Å²) in [4.78, 5) is 66.1. The number of pyridine rings is 1. The van der Waals surface area contributed by atoms with Gasteiger partial charge in [0.05, 0.1) is 29.9 Å². The number of alkyl halides is 1. The summed E-state index contributed by atoms with van der Waals surface area (Å²) < 4.78 is 48.9. The standard InChI is InChI=1S/C47H64FN3O10/c1-12-20-51-26-44(6)37-35(51)41(55)61-47(37,9)34(13-2)59-43(56)46(8,48)39(54)29(5)40(60-42-36(52)33(50(10)11)22-28(4)58-42)45(7,24-27(3)38(44)53)57-21-16-17-30-23-31-18-14-15-19-32(31)49-25-30/h12,14-19,23,25,27-29,33-37,40,42,52H,1,13,20-22,24,26H2,2-11H3/b17-16+/t27-,28-,29+,33+,34-,35?,36-,37?,40-,42+,44?,45+,46+,47-/m1/s1. The number of ether oxygens (including phenoxy) is 5. The molecule has 14 atom stereocenters. The smallest absolute Gasteiger partial charge is 0.351 e. The number of rotatable bonds is 10. The molecule has 4 aliphatic heterocycles. The number of cyclic esters (lactones) is 1. The molecule has 14 heteroatoms. The molecule has 0 radical (unpaired) electrons. The molecule has 6 rings (SSSR count). The number of para-hydroxylation sites is 1. The number of aliphatic hydroxyl groups is 1. The Morgan fingerprint density at radius 1 is 1.08 bits per heavy atom. The third-order valence-electron chi connectivity index (χ3n) is 13.8. The molecule has 0 amide bonds. The first kappa shape index (κ1) is 46.6. The lowest BCUT2D eigenvalue weighted by molar-refractivity contribution is -0.297. The van der Waals surface area contributed by atoms with E-state index in [-0.39, 0.29) is 44.4 Å². The Morgan fingerprint density at radius 2 is 1.79 bits per heavy atom. The molecule has 0 bridgehead atoms. The summed E-state index contributed by atoms with van der Waals surface area (Å²) in [6.07, 6.45) is 2.11. The van der Waals surface area contributed by atoms with Crippen LogP contribution in [0.5, 0.6) is 0 Å². The molecule has 0 saturated carbocycles. The third-order valence-corrected chi connectivity index (χ3v) is 13.8. The second-order valence-electron chi connectivity index (χ2n) is 18.7. The van der Waals surface area contributed by atoms with Crippen molar-refractivity contribution in [2.24, 2.45) is 23.2 Å². The molecule has 2 aromatic rings. The zero-order chi connectivity index (χ0) is 44.8. The molecule has 13 nitrogen and oxygen atoms in total. The number of carbonyl (C=O) groups is 4. The van der Waals surface area contributed by atoms with Crippen LogP contribution in [0.1, 0.15) is 80.2 Å². The van der Waals surface area contributed by atoms with E-state index >= 15 is 9.18 Å². The number of esters is 2. The summed E-state index contributed by atoms with van der Waals surface area (Å²) >= 11 is 0. The summed E-state index contributed by atoms with van der Waals surface area (Å²) in [5.41, 5.74) is -5.91. The van der Waals surface area contributed by atoms with Crippen molar-refractivity contribution >= 4 is 40.5 Å². The van der Waals surface area contributed by atoms with E-state index in [1.54, 1.807) is 53.0 Å². The fraction of sp³-hybridized carbons (Fsp3) is 0.638. The van der Waals surface area contributed by atoms with E-state index in [1.807, 2.05) is 67.2 Å². The van der Waals surface area contributed by atoms with Crippen LogP contribution in [-0.4, -0.2) is 137 Å². The van der Waals surface area contributed by atoms with E-state index in [0.717, 1.165) is 23.4 Å². The lowest BCUT2D eigenvalue weighted by atomic mass is 9.62. The van der Waals surface area contributed by atoms with Crippen molar-refractivity contribution < 1.29 is 52.4 Å². The van der Waals surface area contributed by atoms with Crippen molar-refractivity contribution in [3.8, 4) is 0 Å². The summed E-state index contributed by atoms with van der Waals surface area (Å²) in [5.74, 6) is -6.44. The molecular weight excluding hydrogens is 786 g/mol. The van der Waals surface area contributed by atoms with Gasteiger partial charge in [-0.2, -0.15) is 0 Å². The van der Waals surface area contributed by atoms with Gasteiger partial charge in [-0.1, -0.05) is 64.1 Å². The lowest BCUT2D eigenvalue weighted by Gasteiger charge is -2.48. The number of carbonyl (C=O) groups excluding carboxylic acids is 4. The number of Topliss-reactive ketones (excluding diaryl/α,β-unsaturated/α-hetero) is 2. The number of ketones is 2. The Balaban J connectivity index is 1.47. The first-order valence-electron chi connectivity index (χ1n) is 21.5. The molecule has 0 spiro atoms. The molecule has 1 N–H and O–H groups in total. The maximum atomic E-state index is 17.2. The molecule has 334 valence electrons. The highest BCUT2D eigenvalue weighted by molar-refractivity contribution is 6.08. The van der Waals surface area contributed by atoms with Crippen molar-refractivity contribution in [3.63, 3.8) is 0 Å².